The molecule has 1 saturated heterocycles. The Morgan fingerprint density at radius 2 is 1.39 bits per heavy atom. The minimum Gasteiger partial charge on any atom is -0.497 e. The molecule has 1 atom stereocenters. The van der Waals surface area contributed by atoms with E-state index in [0.717, 1.165) is 53.0 Å². The molecular formula is C68H61F3N2O6. The minimum atomic E-state index is -4.86. The van der Waals surface area contributed by atoms with E-state index in [4.69, 9.17) is 18.6 Å². The first-order valence-electron chi connectivity index (χ1n) is 27.6. The Balaban J connectivity index is 0.887. The summed E-state index contributed by atoms with van der Waals surface area (Å²) in [7, 11) is 1.61. The number of morpholine rings is 1. The van der Waals surface area contributed by atoms with Gasteiger partial charge >= 0.3 is 11.8 Å². The lowest BCUT2D eigenvalue weighted by molar-refractivity contribution is -0.137. The average Bonchev–Trinajstić information content (AvgIpc) is 3.41. The van der Waals surface area contributed by atoms with Crippen LogP contribution in [0.2, 0.25) is 0 Å². The first kappa shape index (κ1) is 51.6. The van der Waals surface area contributed by atoms with Gasteiger partial charge in [-0.3, -0.25) is 4.79 Å². The van der Waals surface area contributed by atoms with E-state index in [-0.39, 0.29) is 27.8 Å². The Morgan fingerprint density at radius 1 is 0.722 bits per heavy atom. The van der Waals surface area contributed by atoms with Crippen LogP contribution in [0, 0.1) is 5.92 Å². The summed E-state index contributed by atoms with van der Waals surface area (Å²) in [4.78, 5) is 30.1. The summed E-state index contributed by atoms with van der Waals surface area (Å²) in [5, 5.41) is 4.78. The van der Waals surface area contributed by atoms with Gasteiger partial charge in [0.2, 0.25) is 0 Å². The normalized spacial score (nSPS) is 18.4. The lowest BCUT2D eigenvalue weighted by atomic mass is 9.77. The largest absolute Gasteiger partial charge is 0.497 e. The lowest BCUT2D eigenvalue weighted by Crippen LogP contribution is -2.36. The maximum atomic E-state index is 15.6. The summed E-state index contributed by atoms with van der Waals surface area (Å²) in [5.74, 6) is 1.94. The molecule has 2 aliphatic heterocycles. The van der Waals surface area contributed by atoms with Crippen molar-refractivity contribution in [3.8, 4) is 33.8 Å². The van der Waals surface area contributed by atoms with Crippen molar-refractivity contribution in [1.29, 1.82) is 0 Å². The van der Waals surface area contributed by atoms with E-state index in [0.29, 0.717) is 63.3 Å². The van der Waals surface area contributed by atoms with E-state index >= 15 is 13.2 Å². The fourth-order valence-electron chi connectivity index (χ4n) is 12.4. The third kappa shape index (κ3) is 9.94. The molecule has 8 aromatic carbocycles. The van der Waals surface area contributed by atoms with E-state index in [2.05, 4.69) is 53.5 Å². The molecule has 0 radical (unpaired) electrons. The first-order chi connectivity index (χ1) is 38.5. The number of anilines is 2. The third-order valence-corrected chi connectivity index (χ3v) is 16.6. The van der Waals surface area contributed by atoms with Crippen LogP contribution in [0.25, 0.3) is 60.8 Å². The molecule has 3 heterocycles. The van der Waals surface area contributed by atoms with E-state index in [1.807, 2.05) is 66.7 Å². The van der Waals surface area contributed by atoms with Crippen LogP contribution in [0.15, 0.2) is 173 Å². The van der Waals surface area contributed by atoms with Gasteiger partial charge < -0.3 is 28.8 Å². The zero-order valence-electron chi connectivity index (χ0n) is 44.3. The van der Waals surface area contributed by atoms with Gasteiger partial charge in [0.15, 0.2) is 11.2 Å². The molecule has 1 saturated carbocycles. The highest BCUT2D eigenvalue weighted by Crippen LogP contribution is 2.52. The number of rotatable bonds is 13. The molecule has 1 aliphatic carbocycles. The Labute approximate surface area is 457 Å². The SMILES string of the molecule is CCCCCC1CCC(c2ccc(-c3ccc(C(=O)Nc4ccc(-c5cccc6c7c(c8c9ccccc9c(=O)oc8c56)OC(c5ccc(OC)cc5)(c5ccc(N6CCOCC6)cc5)C=C7)c(C(F)(F)F)c4)cc3)cc2)CC1. The van der Waals surface area contributed by atoms with Gasteiger partial charge in [0.1, 0.15) is 11.5 Å². The third-order valence-electron chi connectivity index (χ3n) is 16.6. The number of unbranched alkanes of at least 4 members (excludes halogenated alkanes) is 2. The molecule has 1 aromatic heterocycles. The molecule has 0 bridgehead atoms. The fraction of sp³-hybridized carbons (Fsp3) is 0.265. The summed E-state index contributed by atoms with van der Waals surface area (Å²) in [6.45, 7) is 5.07. The number of nitrogens with one attached hydrogen (secondary N) is 1. The summed E-state index contributed by atoms with van der Waals surface area (Å²) >= 11 is 0. The van der Waals surface area contributed by atoms with Crippen LogP contribution < -0.4 is 25.3 Å². The number of fused-ring (bicyclic) bond motifs is 8. The molecule has 12 rings (SSSR count). The minimum absolute atomic E-state index is 0.0279. The monoisotopic (exact) mass is 1060 g/mol. The first-order valence-corrected chi connectivity index (χ1v) is 27.6. The van der Waals surface area contributed by atoms with Gasteiger partial charge in [0, 0.05) is 57.5 Å². The number of nitrogens with zero attached hydrogens (tertiary/aromatic N) is 1. The standard InChI is InChI=1S/C68H61F3N2O6/c1-3-4-5-9-43-14-16-44(17-15-43)45-18-20-46(21-19-45)47-22-24-48(25-23-47)65(74)72-51-30-35-54(60(42-51)68(69,70)71)55-12-8-13-56-58-36-37-67(50-28-33-53(76-2)34-29-50,49-26-31-52(32-27-49)73-38-40-77-41-39-73)79-63(58)62-57-10-6-7-11-59(57)66(75)78-64(62)61(55)56/h6-8,10-13,18-37,42-44H,3-5,9,14-17,38-41H2,1-2H3,(H,72,74). The van der Waals surface area contributed by atoms with Gasteiger partial charge in [-0.05, 0) is 137 Å². The molecule has 8 nitrogen and oxygen atoms in total. The number of amides is 1. The van der Waals surface area contributed by atoms with Gasteiger partial charge in [-0.2, -0.15) is 13.2 Å². The number of halogens is 3. The van der Waals surface area contributed by atoms with Gasteiger partial charge in [-0.1, -0.05) is 136 Å². The van der Waals surface area contributed by atoms with E-state index in [9.17, 15) is 9.59 Å². The molecule has 1 N–H and O–H groups in total. The van der Waals surface area contributed by atoms with Gasteiger partial charge in [0.25, 0.3) is 5.91 Å². The van der Waals surface area contributed by atoms with Gasteiger partial charge in [0.05, 0.1) is 36.7 Å². The van der Waals surface area contributed by atoms with Crippen molar-refractivity contribution in [2.75, 3.05) is 43.6 Å². The van der Waals surface area contributed by atoms with Crippen molar-refractivity contribution in [2.45, 2.75) is 76.0 Å². The smallest absolute Gasteiger partial charge is 0.417 e. The highest BCUT2D eigenvalue weighted by Gasteiger charge is 2.41. The second kappa shape index (κ2) is 21.6. The maximum absolute atomic E-state index is 15.6. The van der Waals surface area contributed by atoms with Crippen LogP contribution >= 0.6 is 0 Å². The second-order valence-electron chi connectivity index (χ2n) is 21.3. The maximum Gasteiger partial charge on any atom is 0.417 e. The van der Waals surface area contributed by atoms with Crippen molar-refractivity contribution in [3.63, 3.8) is 0 Å². The topological polar surface area (TPSA) is 90.2 Å². The van der Waals surface area contributed by atoms with Crippen LogP contribution in [0.5, 0.6) is 11.5 Å². The highest BCUT2D eigenvalue weighted by atomic mass is 19.4. The molecule has 2 fully saturated rings. The number of alkyl halides is 3. The Kier molecular flexibility index (Phi) is 14.1. The van der Waals surface area contributed by atoms with Crippen molar-refractivity contribution >= 4 is 55.9 Å². The fourth-order valence-corrected chi connectivity index (χ4v) is 12.4. The molecule has 79 heavy (non-hydrogen) atoms. The van der Waals surface area contributed by atoms with E-state index in [1.54, 1.807) is 55.6 Å². The van der Waals surface area contributed by atoms with Crippen LogP contribution in [-0.4, -0.2) is 39.3 Å². The van der Waals surface area contributed by atoms with Crippen molar-refractivity contribution in [3.05, 3.63) is 208 Å². The molecule has 0 spiro atoms. The van der Waals surface area contributed by atoms with Gasteiger partial charge in [-0.15, -0.1) is 0 Å². The number of carbonyl (C=O) groups excluding carboxylic acids is 1. The molecular weight excluding hydrogens is 998 g/mol. The Morgan fingerprint density at radius 3 is 2.08 bits per heavy atom. The predicted molar refractivity (Wildman–Crippen MR) is 310 cm³/mol. The van der Waals surface area contributed by atoms with E-state index < -0.39 is 28.9 Å². The zero-order valence-corrected chi connectivity index (χ0v) is 44.3. The molecule has 9 aromatic rings. The van der Waals surface area contributed by atoms with Gasteiger partial charge in [-0.25, -0.2) is 4.79 Å². The summed E-state index contributed by atoms with van der Waals surface area (Å²) in [6.07, 6.45) is 9.36. The van der Waals surface area contributed by atoms with Crippen LogP contribution in [-0.2, 0) is 16.5 Å². The second-order valence-corrected chi connectivity index (χ2v) is 21.3. The van der Waals surface area contributed by atoms with Crippen molar-refractivity contribution in [1.82, 2.24) is 0 Å². The molecule has 1 unspecified atom stereocenters. The highest BCUT2D eigenvalue weighted by molar-refractivity contribution is 6.23. The summed E-state index contributed by atoms with van der Waals surface area (Å²) in [5.41, 5.74) is 4.12. The number of benzene rings is 8. The molecule has 1 amide bonds. The number of carbonyl (C=O) groups is 1. The number of ether oxygens (including phenoxy) is 3. The Bertz CT molecular complexity index is 3800. The average molecular weight is 1060 g/mol. The number of methoxy groups -OCH3 is 1. The Hall–Kier alpha value is -8.15. The van der Waals surface area contributed by atoms with Crippen molar-refractivity contribution < 1.29 is 36.6 Å². The van der Waals surface area contributed by atoms with Crippen molar-refractivity contribution in [2.24, 2.45) is 5.92 Å². The molecule has 11 heteroatoms. The molecule has 3 aliphatic rings. The van der Waals surface area contributed by atoms with E-state index in [1.165, 1.54) is 69.1 Å². The van der Waals surface area contributed by atoms with Crippen LogP contribution in [0.3, 0.4) is 0 Å². The summed E-state index contributed by atoms with van der Waals surface area (Å²) < 4.78 is 71.7. The molecule has 400 valence electrons. The number of hydrogen-bond donors (Lipinski definition) is 1. The van der Waals surface area contributed by atoms with Crippen LogP contribution in [0.1, 0.15) is 102 Å². The quantitative estimate of drug-likeness (QED) is 0.0699. The van der Waals surface area contributed by atoms with Crippen LogP contribution in [0.4, 0.5) is 24.5 Å². The zero-order chi connectivity index (χ0) is 54.3. The summed E-state index contributed by atoms with van der Waals surface area (Å²) in [6, 6.07) is 47.6. The predicted octanol–water partition coefficient (Wildman–Crippen LogP) is 16.8. The lowest BCUT2D eigenvalue weighted by Gasteiger charge is -2.37. The number of hydrogen-bond acceptors (Lipinski definition) is 7.